The lowest BCUT2D eigenvalue weighted by atomic mass is 9.43. The van der Waals surface area contributed by atoms with Crippen LogP contribution in [0.3, 0.4) is 0 Å². The molecule has 51 heavy (non-hydrogen) atoms. The van der Waals surface area contributed by atoms with E-state index in [0.29, 0.717) is 32.1 Å². The first-order valence-electron chi connectivity index (χ1n) is 20.8. The molecule has 4 aliphatic carbocycles. The van der Waals surface area contributed by atoms with Gasteiger partial charge in [0.05, 0.1) is 25.6 Å². The fraction of sp³-hybridized carbons (Fsp3) is 0.927. The van der Waals surface area contributed by atoms with E-state index in [9.17, 15) is 14.4 Å². The van der Waals surface area contributed by atoms with Crippen molar-refractivity contribution in [3.63, 3.8) is 0 Å². The quantitative estimate of drug-likeness (QED) is 0.0683. The van der Waals surface area contributed by atoms with Crippen molar-refractivity contribution in [2.75, 3.05) is 32.8 Å². The monoisotopic (exact) mass is 720 g/mol. The topological polar surface area (TPSA) is 166 Å². The Hall–Kier alpha value is -1.75. The maximum atomic E-state index is 13.2. The Morgan fingerprint density at radius 2 is 1.45 bits per heavy atom. The van der Waals surface area contributed by atoms with Crippen molar-refractivity contribution in [1.29, 1.82) is 0 Å². The zero-order valence-electron chi connectivity index (χ0n) is 32.5. The molecule has 4 aliphatic rings. The molecule has 0 aromatic heterocycles. The summed E-state index contributed by atoms with van der Waals surface area (Å²) in [4.78, 5) is 39.2. The highest BCUT2D eigenvalue weighted by Crippen LogP contribution is 2.69. The van der Waals surface area contributed by atoms with Crippen LogP contribution in [0.1, 0.15) is 143 Å². The van der Waals surface area contributed by atoms with Gasteiger partial charge in [0, 0.05) is 37.5 Å². The van der Waals surface area contributed by atoms with E-state index in [0.717, 1.165) is 70.6 Å². The molecule has 0 saturated heterocycles. The number of nitrogens with two attached hydrogens (primary N) is 3. The Kier molecular flexibility index (Phi) is 16.5. The molecular formula is C41H73N3O7. The van der Waals surface area contributed by atoms with Gasteiger partial charge in [0.2, 0.25) is 0 Å². The molecule has 294 valence electrons. The molecule has 0 spiro atoms. The molecule has 4 saturated carbocycles. The van der Waals surface area contributed by atoms with Crippen molar-refractivity contribution in [2.45, 2.75) is 162 Å². The minimum absolute atomic E-state index is 0.0124. The standard InChI is InChI=1S/C41H73N3O7/c1-5-6-7-8-9-10-23-49-36(45)15-12-28(2)31-13-14-32-39-33(27-35(41(31,32)4)51-38(47)18-22-44)40(3)19-16-30(48-24-11-20-42)25-29(40)26-34(39)50-37(46)17-21-43/h28-35,39H,5-27,42-44H2,1-4H3/t28-,29?,30-,31-,32+,33+,34-,35+,39?,40+,41-/m1/s1. The van der Waals surface area contributed by atoms with Crippen LogP contribution >= 0.6 is 0 Å². The average Bonchev–Trinajstić information content (AvgIpc) is 3.46. The van der Waals surface area contributed by atoms with Gasteiger partial charge in [-0.05, 0) is 106 Å². The van der Waals surface area contributed by atoms with Crippen LogP contribution in [0.15, 0.2) is 0 Å². The number of unbranched alkanes of at least 4 members (excludes halogenated alkanes) is 5. The van der Waals surface area contributed by atoms with E-state index in [1.54, 1.807) is 0 Å². The number of esters is 3. The third kappa shape index (κ3) is 10.3. The molecule has 0 amide bonds. The van der Waals surface area contributed by atoms with E-state index < -0.39 is 0 Å². The predicted molar refractivity (Wildman–Crippen MR) is 199 cm³/mol. The Bertz CT molecular complexity index is 1110. The van der Waals surface area contributed by atoms with Crippen LogP contribution in [0.5, 0.6) is 0 Å². The summed E-state index contributed by atoms with van der Waals surface area (Å²) in [5.41, 5.74) is 17.1. The highest BCUT2D eigenvalue weighted by atomic mass is 16.6. The van der Waals surface area contributed by atoms with Crippen LogP contribution in [0, 0.1) is 46.3 Å². The molecule has 4 fully saturated rings. The molecule has 6 N–H and O–H groups in total. The van der Waals surface area contributed by atoms with Crippen LogP contribution in [0.25, 0.3) is 0 Å². The van der Waals surface area contributed by atoms with Gasteiger partial charge >= 0.3 is 17.9 Å². The fourth-order valence-electron chi connectivity index (χ4n) is 11.2. The van der Waals surface area contributed by atoms with Gasteiger partial charge in [-0.1, -0.05) is 59.8 Å². The Morgan fingerprint density at radius 3 is 2.16 bits per heavy atom. The molecule has 10 nitrogen and oxygen atoms in total. The molecule has 0 heterocycles. The maximum absolute atomic E-state index is 13.2. The second kappa shape index (κ2) is 20.1. The molecule has 0 aromatic rings. The lowest BCUT2D eigenvalue weighted by Gasteiger charge is -2.64. The van der Waals surface area contributed by atoms with Crippen molar-refractivity contribution in [3.8, 4) is 0 Å². The first kappa shape index (κ1) is 42.0. The lowest BCUT2D eigenvalue weighted by Crippen LogP contribution is -2.63. The fourth-order valence-corrected chi connectivity index (χ4v) is 11.2. The van der Waals surface area contributed by atoms with Crippen LogP contribution < -0.4 is 17.2 Å². The summed E-state index contributed by atoms with van der Waals surface area (Å²) in [5, 5.41) is 0. The largest absolute Gasteiger partial charge is 0.466 e. The number of carbonyl (C=O) groups excluding carboxylic acids is 3. The first-order valence-corrected chi connectivity index (χ1v) is 20.8. The van der Waals surface area contributed by atoms with Gasteiger partial charge in [-0.2, -0.15) is 0 Å². The zero-order valence-corrected chi connectivity index (χ0v) is 32.5. The molecule has 10 heteroatoms. The molecule has 0 aliphatic heterocycles. The van der Waals surface area contributed by atoms with E-state index >= 15 is 0 Å². The van der Waals surface area contributed by atoms with Crippen LogP contribution in [-0.4, -0.2) is 69.1 Å². The van der Waals surface area contributed by atoms with Crippen molar-refractivity contribution >= 4 is 17.9 Å². The third-order valence-corrected chi connectivity index (χ3v) is 14.0. The van der Waals surface area contributed by atoms with Gasteiger partial charge in [-0.3, -0.25) is 14.4 Å². The molecule has 11 atom stereocenters. The van der Waals surface area contributed by atoms with Gasteiger partial charge in [0.1, 0.15) is 12.2 Å². The minimum Gasteiger partial charge on any atom is -0.466 e. The summed E-state index contributed by atoms with van der Waals surface area (Å²) in [5.74, 6) is 0.845. The highest BCUT2D eigenvalue weighted by Gasteiger charge is 2.67. The maximum Gasteiger partial charge on any atom is 0.307 e. The molecule has 4 rings (SSSR count). The van der Waals surface area contributed by atoms with E-state index in [1.807, 2.05) is 0 Å². The molecule has 0 aromatic carbocycles. The normalized spacial score (nSPS) is 34.9. The number of hydrogen-bond acceptors (Lipinski definition) is 10. The van der Waals surface area contributed by atoms with E-state index in [2.05, 4.69) is 27.7 Å². The van der Waals surface area contributed by atoms with Crippen LogP contribution in [0.2, 0.25) is 0 Å². The van der Waals surface area contributed by atoms with E-state index in [4.69, 9.17) is 36.1 Å². The second-order valence-corrected chi connectivity index (χ2v) is 17.0. The average molecular weight is 720 g/mol. The number of carbonyl (C=O) groups is 3. The highest BCUT2D eigenvalue weighted by molar-refractivity contribution is 5.70. The van der Waals surface area contributed by atoms with Gasteiger partial charge in [0.15, 0.2) is 0 Å². The minimum atomic E-state index is -0.322. The number of fused-ring (bicyclic) bond motifs is 5. The summed E-state index contributed by atoms with van der Waals surface area (Å²) in [6, 6.07) is 0. The smallest absolute Gasteiger partial charge is 0.307 e. The van der Waals surface area contributed by atoms with Gasteiger partial charge in [0.25, 0.3) is 0 Å². The Labute approximate surface area is 308 Å². The molecule has 0 bridgehead atoms. The summed E-state index contributed by atoms with van der Waals surface area (Å²) in [6.07, 6.45) is 15.5. The van der Waals surface area contributed by atoms with Crippen molar-refractivity contribution in [2.24, 2.45) is 63.5 Å². The van der Waals surface area contributed by atoms with Crippen molar-refractivity contribution < 1.29 is 33.3 Å². The molecule has 0 radical (unpaired) electrons. The third-order valence-electron chi connectivity index (χ3n) is 14.0. The molecular weight excluding hydrogens is 646 g/mol. The zero-order chi connectivity index (χ0) is 37.0. The van der Waals surface area contributed by atoms with Gasteiger partial charge < -0.3 is 36.1 Å². The Morgan fingerprint density at radius 1 is 0.745 bits per heavy atom. The SMILES string of the molecule is CCCCCCCCOC(=O)CC[C@@H](C)[C@H]1CC[C@H]2C3[C@H](OC(=O)CCN)CC4C[C@H](OCCCN)CC[C@]4(C)[C@H]3C[C@H](OC(=O)CCN)[C@]12C. The summed E-state index contributed by atoms with van der Waals surface area (Å²) < 4.78 is 24.9. The van der Waals surface area contributed by atoms with Crippen molar-refractivity contribution in [3.05, 3.63) is 0 Å². The summed E-state index contributed by atoms with van der Waals surface area (Å²) in [6.45, 7) is 11.5. The molecule has 2 unspecified atom stereocenters. The lowest BCUT2D eigenvalue weighted by molar-refractivity contribution is -0.226. The summed E-state index contributed by atoms with van der Waals surface area (Å²) in [7, 11) is 0. The number of hydrogen-bond donors (Lipinski definition) is 3. The van der Waals surface area contributed by atoms with Crippen LogP contribution in [-0.2, 0) is 33.3 Å². The van der Waals surface area contributed by atoms with Crippen LogP contribution in [0.4, 0.5) is 0 Å². The second-order valence-electron chi connectivity index (χ2n) is 17.0. The van der Waals surface area contributed by atoms with Gasteiger partial charge in [-0.15, -0.1) is 0 Å². The number of rotatable bonds is 21. The Balaban J connectivity index is 1.54. The van der Waals surface area contributed by atoms with E-state index in [-0.39, 0.29) is 103 Å². The number of ether oxygens (including phenoxy) is 4. The van der Waals surface area contributed by atoms with E-state index in [1.165, 1.54) is 25.7 Å². The van der Waals surface area contributed by atoms with Crippen molar-refractivity contribution in [1.82, 2.24) is 0 Å². The summed E-state index contributed by atoms with van der Waals surface area (Å²) >= 11 is 0. The first-order chi connectivity index (χ1) is 24.5. The predicted octanol–water partition coefficient (Wildman–Crippen LogP) is 6.44. The van der Waals surface area contributed by atoms with Gasteiger partial charge in [-0.25, -0.2) is 0 Å².